The molecule has 0 N–H and O–H groups in total. The SMILES string of the molecule is CC(C)c1ccc(Oc2cc3c(cn2)n(C)c(=O)n3C(=O)N2CCC2)cc1. The molecule has 1 aromatic carbocycles. The van der Waals surface area contributed by atoms with Gasteiger partial charge in [-0.3, -0.25) is 4.57 Å². The van der Waals surface area contributed by atoms with Gasteiger partial charge in [0.25, 0.3) is 0 Å². The lowest BCUT2D eigenvalue weighted by atomic mass is 10.0. The molecule has 3 heterocycles. The van der Waals surface area contributed by atoms with Crippen molar-refractivity contribution in [1.29, 1.82) is 0 Å². The molecule has 0 atom stereocenters. The number of likely N-dealkylation sites (tertiary alicyclic amines) is 1. The van der Waals surface area contributed by atoms with Gasteiger partial charge in [0.2, 0.25) is 5.88 Å². The van der Waals surface area contributed by atoms with Gasteiger partial charge in [0.05, 0.1) is 17.2 Å². The Kier molecular flexibility index (Phi) is 4.22. The van der Waals surface area contributed by atoms with Crippen LogP contribution < -0.4 is 10.4 Å². The molecule has 0 radical (unpaired) electrons. The summed E-state index contributed by atoms with van der Waals surface area (Å²) in [5.74, 6) is 1.44. The summed E-state index contributed by atoms with van der Waals surface area (Å²) in [5.41, 5.74) is 1.95. The minimum absolute atomic E-state index is 0.296. The Labute approximate surface area is 156 Å². The summed E-state index contributed by atoms with van der Waals surface area (Å²) >= 11 is 0. The Morgan fingerprint density at radius 2 is 1.85 bits per heavy atom. The Morgan fingerprint density at radius 1 is 1.15 bits per heavy atom. The smallest absolute Gasteiger partial charge is 0.337 e. The lowest BCUT2D eigenvalue weighted by Crippen LogP contribution is -2.47. The van der Waals surface area contributed by atoms with Gasteiger partial charge in [0.1, 0.15) is 5.75 Å². The van der Waals surface area contributed by atoms with Crippen LogP contribution in [0.15, 0.2) is 41.3 Å². The highest BCUT2D eigenvalue weighted by Crippen LogP contribution is 2.25. The highest BCUT2D eigenvalue weighted by molar-refractivity contribution is 5.89. The van der Waals surface area contributed by atoms with Crippen molar-refractivity contribution in [2.75, 3.05) is 13.1 Å². The molecule has 0 saturated carbocycles. The van der Waals surface area contributed by atoms with Crippen LogP contribution in [-0.2, 0) is 7.05 Å². The largest absolute Gasteiger partial charge is 0.439 e. The Hall–Kier alpha value is -3.09. The zero-order valence-electron chi connectivity index (χ0n) is 15.7. The first-order valence-corrected chi connectivity index (χ1v) is 9.10. The Morgan fingerprint density at radius 3 is 2.44 bits per heavy atom. The predicted octanol–water partition coefficient (Wildman–Crippen LogP) is 3.32. The zero-order valence-corrected chi connectivity index (χ0v) is 15.7. The van der Waals surface area contributed by atoms with Gasteiger partial charge in [-0.25, -0.2) is 19.1 Å². The summed E-state index contributed by atoms with van der Waals surface area (Å²) in [6, 6.07) is 9.17. The quantitative estimate of drug-likeness (QED) is 0.713. The molecular weight excluding hydrogens is 344 g/mol. The van der Waals surface area contributed by atoms with E-state index in [0.717, 1.165) is 6.42 Å². The Bertz CT molecular complexity index is 1060. The topological polar surface area (TPSA) is 69.4 Å². The van der Waals surface area contributed by atoms with Gasteiger partial charge >= 0.3 is 11.7 Å². The van der Waals surface area contributed by atoms with E-state index in [0.29, 0.717) is 41.7 Å². The van der Waals surface area contributed by atoms with E-state index in [2.05, 4.69) is 18.8 Å². The van der Waals surface area contributed by atoms with Gasteiger partial charge < -0.3 is 9.64 Å². The number of ether oxygens (including phenoxy) is 1. The molecule has 7 nitrogen and oxygen atoms in total. The van der Waals surface area contributed by atoms with Crippen molar-refractivity contribution in [3.8, 4) is 11.6 Å². The van der Waals surface area contributed by atoms with Gasteiger partial charge in [-0.1, -0.05) is 26.0 Å². The van der Waals surface area contributed by atoms with E-state index >= 15 is 0 Å². The van der Waals surface area contributed by atoms with Crippen molar-refractivity contribution in [3.05, 3.63) is 52.6 Å². The first-order valence-electron chi connectivity index (χ1n) is 9.10. The third-order valence-corrected chi connectivity index (χ3v) is 5.00. The zero-order chi connectivity index (χ0) is 19.1. The van der Waals surface area contributed by atoms with Crippen LogP contribution >= 0.6 is 0 Å². The molecule has 1 aliphatic rings. The molecule has 27 heavy (non-hydrogen) atoms. The number of carbonyl (C=O) groups is 1. The molecule has 0 spiro atoms. The highest BCUT2D eigenvalue weighted by Gasteiger charge is 2.26. The molecule has 0 bridgehead atoms. The summed E-state index contributed by atoms with van der Waals surface area (Å²) in [5, 5.41) is 0. The molecule has 2 aromatic heterocycles. The van der Waals surface area contributed by atoms with E-state index in [-0.39, 0.29) is 11.7 Å². The fourth-order valence-electron chi connectivity index (χ4n) is 3.14. The lowest BCUT2D eigenvalue weighted by molar-refractivity contribution is 0.169. The van der Waals surface area contributed by atoms with Crippen molar-refractivity contribution in [2.24, 2.45) is 7.05 Å². The molecule has 7 heteroatoms. The fraction of sp³-hybridized carbons (Fsp3) is 0.350. The molecule has 3 aromatic rings. The minimum atomic E-state index is -0.373. The average molecular weight is 366 g/mol. The monoisotopic (exact) mass is 366 g/mol. The van der Waals surface area contributed by atoms with E-state index < -0.39 is 0 Å². The maximum absolute atomic E-state index is 12.7. The van der Waals surface area contributed by atoms with Crippen molar-refractivity contribution in [1.82, 2.24) is 19.0 Å². The number of carbonyl (C=O) groups excluding carboxylic acids is 1. The number of hydrogen-bond acceptors (Lipinski definition) is 4. The second kappa shape index (κ2) is 6.57. The van der Waals surface area contributed by atoms with Gasteiger partial charge in [-0.05, 0) is 30.0 Å². The van der Waals surface area contributed by atoms with Crippen LogP contribution in [0.3, 0.4) is 0 Å². The number of aryl methyl sites for hydroxylation is 1. The number of imidazole rings is 1. The average Bonchev–Trinajstić information content (AvgIpc) is 2.84. The van der Waals surface area contributed by atoms with E-state index in [4.69, 9.17) is 4.74 Å². The summed E-state index contributed by atoms with van der Waals surface area (Å²) in [6.07, 6.45) is 2.53. The molecule has 1 aliphatic heterocycles. The van der Waals surface area contributed by atoms with Crippen molar-refractivity contribution in [3.63, 3.8) is 0 Å². The van der Waals surface area contributed by atoms with Gasteiger partial charge in [0, 0.05) is 26.2 Å². The van der Waals surface area contributed by atoms with Crippen LogP contribution in [0.25, 0.3) is 11.0 Å². The number of hydrogen-bond donors (Lipinski definition) is 0. The standard InChI is InChI=1S/C20H22N4O3/c1-13(2)14-5-7-15(8-6-14)27-18-11-16-17(12-21-18)22(3)19(25)24(16)20(26)23-9-4-10-23/h5-8,11-13H,4,9-10H2,1-3H3. The van der Waals surface area contributed by atoms with Crippen molar-refractivity contribution < 1.29 is 9.53 Å². The number of fused-ring (bicyclic) bond motifs is 1. The molecular formula is C20H22N4O3. The van der Waals surface area contributed by atoms with Crippen molar-refractivity contribution in [2.45, 2.75) is 26.2 Å². The summed E-state index contributed by atoms with van der Waals surface area (Å²) in [4.78, 5) is 31.2. The number of pyridine rings is 1. The molecule has 0 aliphatic carbocycles. The summed E-state index contributed by atoms with van der Waals surface area (Å²) < 4.78 is 8.48. The van der Waals surface area contributed by atoms with Crippen LogP contribution in [0.5, 0.6) is 11.6 Å². The number of nitrogens with zero attached hydrogens (tertiary/aromatic N) is 4. The van der Waals surface area contributed by atoms with Crippen molar-refractivity contribution >= 4 is 17.1 Å². The second-order valence-corrected chi connectivity index (χ2v) is 7.14. The van der Waals surface area contributed by atoms with E-state index in [9.17, 15) is 9.59 Å². The van der Waals surface area contributed by atoms with Crippen LogP contribution in [0.1, 0.15) is 31.7 Å². The van der Waals surface area contributed by atoms with Crippen LogP contribution in [0, 0.1) is 0 Å². The minimum Gasteiger partial charge on any atom is -0.439 e. The fourth-order valence-corrected chi connectivity index (χ4v) is 3.14. The normalized spacial score (nSPS) is 13.9. The van der Waals surface area contributed by atoms with E-state index in [1.165, 1.54) is 14.7 Å². The number of amides is 1. The van der Waals surface area contributed by atoms with E-state index in [1.54, 1.807) is 24.2 Å². The molecule has 1 amide bonds. The predicted molar refractivity (Wildman–Crippen MR) is 103 cm³/mol. The third kappa shape index (κ3) is 2.99. The first kappa shape index (κ1) is 17.3. The Balaban J connectivity index is 1.70. The number of rotatable bonds is 3. The first-order chi connectivity index (χ1) is 13.0. The number of benzene rings is 1. The molecule has 1 saturated heterocycles. The van der Waals surface area contributed by atoms with Crippen LogP contribution in [0.4, 0.5) is 4.79 Å². The maximum atomic E-state index is 12.7. The molecule has 140 valence electrons. The van der Waals surface area contributed by atoms with Gasteiger partial charge in [-0.2, -0.15) is 0 Å². The maximum Gasteiger partial charge on any atom is 0.337 e. The van der Waals surface area contributed by atoms with Crippen LogP contribution in [0.2, 0.25) is 0 Å². The molecule has 0 unspecified atom stereocenters. The molecule has 1 fully saturated rings. The number of aromatic nitrogens is 3. The highest BCUT2D eigenvalue weighted by atomic mass is 16.5. The van der Waals surface area contributed by atoms with E-state index in [1.807, 2.05) is 24.3 Å². The lowest BCUT2D eigenvalue weighted by Gasteiger charge is -2.30. The molecule has 4 rings (SSSR count). The van der Waals surface area contributed by atoms with Gasteiger partial charge in [0.15, 0.2) is 0 Å². The third-order valence-electron chi connectivity index (χ3n) is 5.00. The van der Waals surface area contributed by atoms with Gasteiger partial charge in [-0.15, -0.1) is 0 Å². The summed E-state index contributed by atoms with van der Waals surface area (Å²) in [6.45, 7) is 5.63. The second-order valence-electron chi connectivity index (χ2n) is 7.14. The summed E-state index contributed by atoms with van der Waals surface area (Å²) in [7, 11) is 1.64. The van der Waals surface area contributed by atoms with Crippen LogP contribution in [-0.4, -0.2) is 38.1 Å².